The standard InChI is InChI=1S/C10H18.H2O2/c1-2-6-10-8-4-3-7-9(10)5-1;1-2/h9-10H,1-8H2;1-2H/t9-,10-;. The molecule has 0 aliphatic heterocycles. The second kappa shape index (κ2) is 5.55. The predicted molar refractivity (Wildman–Crippen MR) is 49.2 cm³/mol. The minimum Gasteiger partial charge on any atom is -0.255 e. The molecule has 2 nitrogen and oxygen atoms in total. The minimum atomic E-state index is 1.16. The van der Waals surface area contributed by atoms with Crippen LogP contribution < -0.4 is 0 Å². The molecule has 0 atom stereocenters. The molecule has 0 bridgehead atoms. The topological polar surface area (TPSA) is 40.5 Å². The smallest absolute Gasteiger partial charge is 0.0386 e. The van der Waals surface area contributed by atoms with Gasteiger partial charge in [0.25, 0.3) is 0 Å². The van der Waals surface area contributed by atoms with Crippen molar-refractivity contribution in [3.05, 3.63) is 0 Å². The average Bonchev–Trinajstić information content (AvgIpc) is 2.21. The fourth-order valence-corrected chi connectivity index (χ4v) is 2.86. The third-order valence-corrected chi connectivity index (χ3v) is 3.47. The molecule has 2 N–H and O–H groups in total. The lowest BCUT2D eigenvalue weighted by molar-refractivity contribution is -0.176. The average molecular weight is 172 g/mol. The molecular formula is C10H20O2. The fraction of sp³-hybridized carbons (Fsp3) is 1.00. The summed E-state index contributed by atoms with van der Waals surface area (Å²) in [5.41, 5.74) is 0. The third-order valence-electron chi connectivity index (χ3n) is 3.47. The Kier molecular flexibility index (Phi) is 4.62. The molecule has 2 saturated carbocycles. The van der Waals surface area contributed by atoms with Gasteiger partial charge in [0.15, 0.2) is 0 Å². The highest BCUT2D eigenvalue weighted by Crippen LogP contribution is 2.39. The van der Waals surface area contributed by atoms with Crippen LogP contribution in [0.5, 0.6) is 0 Å². The van der Waals surface area contributed by atoms with Crippen LogP contribution in [0.4, 0.5) is 0 Å². The summed E-state index contributed by atoms with van der Waals surface area (Å²) < 4.78 is 0. The van der Waals surface area contributed by atoms with Gasteiger partial charge >= 0.3 is 0 Å². The van der Waals surface area contributed by atoms with Crippen molar-refractivity contribution in [2.75, 3.05) is 0 Å². The Balaban J connectivity index is 0.000000336. The maximum atomic E-state index is 6.00. The Morgan fingerprint density at radius 2 is 0.833 bits per heavy atom. The lowest BCUT2D eigenvalue weighted by Gasteiger charge is -2.35. The van der Waals surface area contributed by atoms with Gasteiger partial charge in [-0.3, -0.25) is 10.5 Å². The van der Waals surface area contributed by atoms with E-state index in [9.17, 15) is 0 Å². The molecule has 0 radical (unpaired) electrons. The zero-order chi connectivity index (χ0) is 8.81. The van der Waals surface area contributed by atoms with Crippen LogP contribution in [0.25, 0.3) is 0 Å². The van der Waals surface area contributed by atoms with Crippen LogP contribution in [0, 0.1) is 11.8 Å². The van der Waals surface area contributed by atoms with Gasteiger partial charge in [-0.1, -0.05) is 51.4 Å². The van der Waals surface area contributed by atoms with Crippen molar-refractivity contribution in [2.45, 2.75) is 51.4 Å². The van der Waals surface area contributed by atoms with Crippen LogP contribution in [0.15, 0.2) is 0 Å². The lowest BCUT2D eigenvalue weighted by Crippen LogP contribution is -2.22. The van der Waals surface area contributed by atoms with E-state index in [1.54, 1.807) is 25.7 Å². The van der Waals surface area contributed by atoms with Gasteiger partial charge in [0.1, 0.15) is 0 Å². The summed E-state index contributed by atoms with van der Waals surface area (Å²) in [6.45, 7) is 0. The molecule has 0 aromatic heterocycles. The van der Waals surface area contributed by atoms with Crippen LogP contribution in [-0.2, 0) is 0 Å². The largest absolute Gasteiger partial charge is 0.255 e. The molecule has 72 valence electrons. The molecule has 12 heavy (non-hydrogen) atoms. The molecule has 0 amide bonds. The maximum absolute atomic E-state index is 6.00. The summed E-state index contributed by atoms with van der Waals surface area (Å²) in [6, 6.07) is 0. The molecule has 2 heteroatoms. The van der Waals surface area contributed by atoms with Crippen LogP contribution in [0.3, 0.4) is 0 Å². The summed E-state index contributed by atoms with van der Waals surface area (Å²) in [6.07, 6.45) is 12.4. The summed E-state index contributed by atoms with van der Waals surface area (Å²) in [4.78, 5) is 0. The molecule has 2 rings (SSSR count). The summed E-state index contributed by atoms with van der Waals surface area (Å²) >= 11 is 0. The highest BCUT2D eigenvalue weighted by molar-refractivity contribution is 4.78. The summed E-state index contributed by atoms with van der Waals surface area (Å²) in [5, 5.41) is 12.0. The van der Waals surface area contributed by atoms with Gasteiger partial charge in [-0.05, 0) is 11.8 Å². The first kappa shape index (κ1) is 10.0. The van der Waals surface area contributed by atoms with Gasteiger partial charge in [-0.2, -0.15) is 0 Å². The van der Waals surface area contributed by atoms with Crippen molar-refractivity contribution in [1.82, 2.24) is 0 Å². The molecule has 2 aliphatic carbocycles. The van der Waals surface area contributed by atoms with Gasteiger partial charge < -0.3 is 0 Å². The molecule has 0 spiro atoms. The molecule has 0 aromatic rings. The van der Waals surface area contributed by atoms with Crippen LogP contribution in [-0.4, -0.2) is 10.5 Å². The van der Waals surface area contributed by atoms with Gasteiger partial charge in [0.2, 0.25) is 0 Å². The van der Waals surface area contributed by atoms with Crippen molar-refractivity contribution < 1.29 is 10.5 Å². The Hall–Kier alpha value is -0.0800. The molecule has 2 fully saturated rings. The first-order chi connectivity index (χ1) is 5.97. The third kappa shape index (κ3) is 2.46. The van der Waals surface area contributed by atoms with Crippen molar-refractivity contribution in [3.63, 3.8) is 0 Å². The number of fused-ring (bicyclic) bond motifs is 1. The number of hydrogen-bond acceptors (Lipinski definition) is 2. The molecule has 0 saturated heterocycles. The monoisotopic (exact) mass is 172 g/mol. The van der Waals surface area contributed by atoms with Crippen LogP contribution in [0.2, 0.25) is 0 Å². The first-order valence-corrected chi connectivity index (χ1v) is 5.17. The molecule has 0 unspecified atom stereocenters. The van der Waals surface area contributed by atoms with Gasteiger partial charge in [0.05, 0.1) is 0 Å². The van der Waals surface area contributed by atoms with E-state index in [4.69, 9.17) is 10.5 Å². The SMILES string of the molecule is C1CC[C@H]2CCCC[C@@H]2C1.OO. The zero-order valence-corrected chi connectivity index (χ0v) is 7.71. The first-order valence-electron chi connectivity index (χ1n) is 5.17. The number of rotatable bonds is 0. The van der Waals surface area contributed by atoms with Crippen molar-refractivity contribution in [3.8, 4) is 0 Å². The van der Waals surface area contributed by atoms with E-state index in [0.29, 0.717) is 0 Å². The molecule has 0 heterocycles. The Morgan fingerprint density at radius 1 is 0.583 bits per heavy atom. The van der Waals surface area contributed by atoms with E-state index in [0.717, 1.165) is 11.8 Å². The van der Waals surface area contributed by atoms with Gasteiger partial charge in [-0.15, -0.1) is 0 Å². The lowest BCUT2D eigenvalue weighted by atomic mass is 9.71. The van der Waals surface area contributed by atoms with Crippen molar-refractivity contribution in [1.29, 1.82) is 0 Å². The van der Waals surface area contributed by atoms with E-state index in [2.05, 4.69) is 0 Å². The van der Waals surface area contributed by atoms with E-state index in [1.165, 1.54) is 25.7 Å². The van der Waals surface area contributed by atoms with Crippen LogP contribution in [0.1, 0.15) is 51.4 Å². The second-order valence-electron chi connectivity index (χ2n) is 4.09. The summed E-state index contributed by atoms with van der Waals surface area (Å²) in [7, 11) is 0. The quantitative estimate of drug-likeness (QED) is 0.434. The Morgan fingerprint density at radius 3 is 1.08 bits per heavy atom. The molecule has 0 aromatic carbocycles. The van der Waals surface area contributed by atoms with E-state index in [1.807, 2.05) is 0 Å². The Labute approximate surface area is 74.5 Å². The molecular weight excluding hydrogens is 152 g/mol. The highest BCUT2D eigenvalue weighted by Gasteiger charge is 2.26. The van der Waals surface area contributed by atoms with E-state index in [-0.39, 0.29) is 0 Å². The number of hydrogen-bond donors (Lipinski definition) is 2. The Bertz CT molecular complexity index is 88.4. The zero-order valence-electron chi connectivity index (χ0n) is 7.71. The van der Waals surface area contributed by atoms with Gasteiger partial charge in [-0.25, -0.2) is 0 Å². The fourth-order valence-electron chi connectivity index (χ4n) is 2.86. The molecule has 2 aliphatic rings. The van der Waals surface area contributed by atoms with E-state index >= 15 is 0 Å². The van der Waals surface area contributed by atoms with Crippen LogP contribution >= 0.6 is 0 Å². The maximum Gasteiger partial charge on any atom is -0.0386 e. The minimum absolute atomic E-state index is 1.16. The normalized spacial score (nSPS) is 34.5. The second-order valence-corrected chi connectivity index (χ2v) is 4.09. The van der Waals surface area contributed by atoms with Gasteiger partial charge in [0, 0.05) is 0 Å². The van der Waals surface area contributed by atoms with Crippen molar-refractivity contribution in [2.24, 2.45) is 11.8 Å². The van der Waals surface area contributed by atoms with Crippen molar-refractivity contribution >= 4 is 0 Å². The van der Waals surface area contributed by atoms with E-state index < -0.39 is 0 Å². The highest BCUT2D eigenvalue weighted by atomic mass is 17.0. The summed E-state index contributed by atoms with van der Waals surface area (Å²) in [5.74, 6) is 2.31. The predicted octanol–water partition coefficient (Wildman–Crippen LogP) is 3.38.